The highest BCUT2D eigenvalue weighted by Crippen LogP contribution is 2.25. The number of nitrogens with one attached hydrogen (secondary N) is 1. The second-order valence-electron chi connectivity index (χ2n) is 5.47. The number of H-pyrrole nitrogens is 1. The van der Waals surface area contributed by atoms with Gasteiger partial charge in [-0.05, 0) is 18.8 Å². The average Bonchev–Trinajstić information content (AvgIpc) is 3.19. The number of hydrogen-bond donors (Lipinski definition) is 1. The van der Waals surface area contributed by atoms with E-state index in [1.165, 1.54) is 0 Å². The van der Waals surface area contributed by atoms with Gasteiger partial charge in [0, 0.05) is 44.4 Å². The monoisotopic (exact) mass is 301 g/mol. The van der Waals surface area contributed by atoms with Crippen molar-refractivity contribution >= 4 is 5.91 Å². The van der Waals surface area contributed by atoms with Gasteiger partial charge in [0.1, 0.15) is 6.61 Å². The van der Waals surface area contributed by atoms with E-state index in [-0.39, 0.29) is 12.5 Å². The van der Waals surface area contributed by atoms with Gasteiger partial charge in [-0.25, -0.2) is 0 Å². The number of methoxy groups -OCH3 is 1. The minimum atomic E-state index is 0.0548. The van der Waals surface area contributed by atoms with Crippen LogP contribution in [0.25, 0.3) is 11.3 Å². The maximum atomic E-state index is 11.9. The number of likely N-dealkylation sites (tertiary alicyclic amines) is 1. The lowest BCUT2D eigenvalue weighted by atomic mass is 10.00. The smallest absolute Gasteiger partial charge is 0.248 e. The van der Waals surface area contributed by atoms with E-state index < -0.39 is 0 Å². The van der Waals surface area contributed by atoms with Crippen molar-refractivity contribution in [1.29, 1.82) is 0 Å². The van der Waals surface area contributed by atoms with Gasteiger partial charge in [-0.1, -0.05) is 0 Å². The molecule has 1 atom stereocenters. The van der Waals surface area contributed by atoms with Gasteiger partial charge in [0.25, 0.3) is 0 Å². The Hall–Kier alpha value is -2.28. The molecule has 7 nitrogen and oxygen atoms in total. The van der Waals surface area contributed by atoms with Gasteiger partial charge < -0.3 is 9.64 Å². The van der Waals surface area contributed by atoms with E-state index in [0.717, 1.165) is 42.9 Å². The number of carbonyl (C=O) groups excluding carboxylic acids is 1. The first-order valence-corrected chi connectivity index (χ1v) is 7.33. The fourth-order valence-corrected chi connectivity index (χ4v) is 2.85. The van der Waals surface area contributed by atoms with Crippen molar-refractivity contribution in [3.8, 4) is 11.3 Å². The molecule has 1 aliphatic heterocycles. The normalized spacial score (nSPS) is 17.9. The van der Waals surface area contributed by atoms with E-state index >= 15 is 0 Å². The summed E-state index contributed by atoms with van der Waals surface area (Å²) in [6, 6.07) is 0. The van der Waals surface area contributed by atoms with E-state index in [1.54, 1.807) is 25.7 Å². The van der Waals surface area contributed by atoms with Crippen molar-refractivity contribution in [3.05, 3.63) is 30.5 Å². The molecule has 1 fully saturated rings. The highest BCUT2D eigenvalue weighted by atomic mass is 16.5. The van der Waals surface area contributed by atoms with Crippen LogP contribution in [0.1, 0.15) is 12.1 Å². The number of rotatable bonds is 5. The van der Waals surface area contributed by atoms with E-state index in [9.17, 15) is 4.79 Å². The topological polar surface area (TPSA) is 84.0 Å². The molecule has 0 saturated carbocycles. The Morgan fingerprint density at radius 3 is 3.09 bits per heavy atom. The van der Waals surface area contributed by atoms with Crippen LogP contribution in [0.5, 0.6) is 0 Å². The molecule has 3 rings (SSSR count). The fourth-order valence-electron chi connectivity index (χ4n) is 2.85. The van der Waals surface area contributed by atoms with Crippen molar-refractivity contribution < 1.29 is 9.53 Å². The summed E-state index contributed by atoms with van der Waals surface area (Å²) in [6.45, 7) is 1.69. The summed E-state index contributed by atoms with van der Waals surface area (Å²) in [6.07, 6.45) is 8.76. The van der Waals surface area contributed by atoms with Crippen LogP contribution in [0.15, 0.2) is 24.8 Å². The molecule has 1 N–H and O–H groups in total. The first-order chi connectivity index (χ1) is 10.8. The lowest BCUT2D eigenvalue weighted by Gasteiger charge is -2.16. The van der Waals surface area contributed by atoms with E-state index in [0.29, 0.717) is 5.92 Å². The predicted octanol–water partition coefficient (Wildman–Crippen LogP) is 0.904. The molecule has 0 bridgehead atoms. The van der Waals surface area contributed by atoms with Gasteiger partial charge >= 0.3 is 0 Å². The van der Waals surface area contributed by atoms with Crippen LogP contribution in [-0.4, -0.2) is 57.8 Å². The second kappa shape index (κ2) is 6.65. The molecule has 1 amide bonds. The SMILES string of the molecule is COCC(=O)N1CC[C@@H](Cc2nccnc2-c2cn[nH]c2)C1. The molecule has 0 radical (unpaired) electrons. The Labute approximate surface area is 128 Å². The third kappa shape index (κ3) is 3.14. The predicted molar refractivity (Wildman–Crippen MR) is 79.9 cm³/mol. The number of ether oxygens (including phenoxy) is 1. The molecule has 1 aliphatic rings. The van der Waals surface area contributed by atoms with Crippen molar-refractivity contribution in [2.75, 3.05) is 26.8 Å². The quantitative estimate of drug-likeness (QED) is 0.887. The first kappa shape index (κ1) is 14.6. The summed E-state index contributed by atoms with van der Waals surface area (Å²) in [5, 5.41) is 6.77. The first-order valence-electron chi connectivity index (χ1n) is 7.33. The van der Waals surface area contributed by atoms with Crippen molar-refractivity contribution in [2.45, 2.75) is 12.8 Å². The van der Waals surface area contributed by atoms with Crippen molar-refractivity contribution in [1.82, 2.24) is 25.1 Å². The van der Waals surface area contributed by atoms with Gasteiger partial charge in [0.2, 0.25) is 5.91 Å². The van der Waals surface area contributed by atoms with Crippen LogP contribution in [0.4, 0.5) is 0 Å². The Bertz CT molecular complexity index is 629. The molecule has 7 heteroatoms. The molecular formula is C15H19N5O2. The van der Waals surface area contributed by atoms with Crippen LogP contribution in [0, 0.1) is 5.92 Å². The van der Waals surface area contributed by atoms with Crippen molar-refractivity contribution in [3.63, 3.8) is 0 Å². The summed E-state index contributed by atoms with van der Waals surface area (Å²) in [5.41, 5.74) is 2.75. The van der Waals surface area contributed by atoms with Gasteiger partial charge in [-0.2, -0.15) is 5.10 Å². The molecule has 1 saturated heterocycles. The zero-order valence-corrected chi connectivity index (χ0v) is 12.5. The molecule has 0 aliphatic carbocycles. The maximum absolute atomic E-state index is 11.9. The lowest BCUT2D eigenvalue weighted by Crippen LogP contribution is -2.31. The molecule has 2 aromatic heterocycles. The van der Waals surface area contributed by atoms with Crippen LogP contribution >= 0.6 is 0 Å². The van der Waals surface area contributed by atoms with Gasteiger partial charge in [0.15, 0.2) is 0 Å². The minimum Gasteiger partial charge on any atom is -0.375 e. The number of carbonyl (C=O) groups is 1. The van der Waals surface area contributed by atoms with Crippen LogP contribution in [0.3, 0.4) is 0 Å². The third-order valence-corrected chi connectivity index (χ3v) is 3.93. The Kier molecular flexibility index (Phi) is 4.43. The number of aromatic amines is 1. The Morgan fingerprint density at radius 1 is 1.45 bits per heavy atom. The average molecular weight is 301 g/mol. The number of nitrogens with zero attached hydrogens (tertiary/aromatic N) is 4. The molecule has 116 valence electrons. The largest absolute Gasteiger partial charge is 0.375 e. The molecule has 3 heterocycles. The molecular weight excluding hydrogens is 282 g/mol. The van der Waals surface area contributed by atoms with Gasteiger partial charge in [0.05, 0.1) is 17.6 Å². The molecule has 2 aromatic rings. The summed E-state index contributed by atoms with van der Waals surface area (Å²) in [5.74, 6) is 0.461. The van der Waals surface area contributed by atoms with E-state index in [4.69, 9.17) is 4.74 Å². The summed E-state index contributed by atoms with van der Waals surface area (Å²) < 4.78 is 4.91. The van der Waals surface area contributed by atoms with Crippen molar-refractivity contribution in [2.24, 2.45) is 5.92 Å². The Morgan fingerprint density at radius 2 is 2.32 bits per heavy atom. The second-order valence-corrected chi connectivity index (χ2v) is 5.47. The number of hydrogen-bond acceptors (Lipinski definition) is 5. The zero-order chi connectivity index (χ0) is 15.4. The molecule has 0 unspecified atom stereocenters. The summed E-state index contributed by atoms with van der Waals surface area (Å²) in [4.78, 5) is 22.6. The van der Waals surface area contributed by atoms with Crippen LogP contribution < -0.4 is 0 Å². The van der Waals surface area contributed by atoms with Gasteiger partial charge in [-0.15, -0.1) is 0 Å². The van der Waals surface area contributed by atoms with E-state index in [2.05, 4.69) is 20.2 Å². The molecule has 0 spiro atoms. The summed E-state index contributed by atoms with van der Waals surface area (Å²) >= 11 is 0. The lowest BCUT2D eigenvalue weighted by molar-refractivity contribution is -0.134. The maximum Gasteiger partial charge on any atom is 0.248 e. The summed E-state index contributed by atoms with van der Waals surface area (Å²) in [7, 11) is 1.54. The van der Waals surface area contributed by atoms with E-state index in [1.807, 2.05) is 11.1 Å². The van der Waals surface area contributed by atoms with Crippen LogP contribution in [0.2, 0.25) is 0 Å². The number of amides is 1. The minimum absolute atomic E-state index is 0.0548. The van der Waals surface area contributed by atoms with Crippen LogP contribution in [-0.2, 0) is 16.0 Å². The molecule has 22 heavy (non-hydrogen) atoms. The Balaban J connectivity index is 1.69. The highest BCUT2D eigenvalue weighted by molar-refractivity contribution is 5.77. The zero-order valence-electron chi connectivity index (χ0n) is 12.5. The fraction of sp³-hybridized carbons (Fsp3) is 0.467. The third-order valence-electron chi connectivity index (χ3n) is 3.93. The number of aromatic nitrogens is 4. The molecule has 0 aromatic carbocycles. The highest BCUT2D eigenvalue weighted by Gasteiger charge is 2.27. The standard InChI is InChI=1S/C15H19N5O2/c1-22-10-14(21)20-5-2-11(9-20)6-13-15(17-4-3-16-13)12-7-18-19-8-12/h3-4,7-8,11H,2,5-6,9-10H2,1H3,(H,18,19)/t11-/m0/s1. The van der Waals surface area contributed by atoms with Gasteiger partial charge in [-0.3, -0.25) is 19.9 Å².